The minimum atomic E-state index is -0.413. The van der Waals surface area contributed by atoms with Gasteiger partial charge in [0.2, 0.25) is 0 Å². The maximum absolute atomic E-state index is 12.7. The fourth-order valence-electron chi connectivity index (χ4n) is 3.56. The Morgan fingerprint density at radius 3 is 2.30 bits per heavy atom. The van der Waals surface area contributed by atoms with E-state index in [0.717, 1.165) is 27.3 Å². The molecule has 7 heteroatoms. The molecule has 3 N–H and O–H groups in total. The molecule has 0 bridgehead atoms. The van der Waals surface area contributed by atoms with Gasteiger partial charge in [0, 0.05) is 17.4 Å². The van der Waals surface area contributed by atoms with E-state index in [1.807, 2.05) is 40.0 Å². The summed E-state index contributed by atoms with van der Waals surface area (Å²) >= 11 is 0. The number of benzene rings is 2. The molecule has 0 saturated carbocycles. The lowest BCUT2D eigenvalue weighted by molar-refractivity contribution is -0.885. The zero-order valence-corrected chi connectivity index (χ0v) is 18.2. The molecule has 160 valence electrons. The Balaban J connectivity index is 1.58. The number of aryl methyl sites for hydroxylation is 3. The van der Waals surface area contributed by atoms with Crippen LogP contribution in [0.15, 0.2) is 30.3 Å². The highest BCUT2D eigenvalue weighted by Crippen LogP contribution is 2.32. The van der Waals surface area contributed by atoms with Gasteiger partial charge in [-0.15, -0.1) is 0 Å². The van der Waals surface area contributed by atoms with Gasteiger partial charge in [-0.2, -0.15) is 0 Å². The number of anilines is 2. The van der Waals surface area contributed by atoms with Gasteiger partial charge >= 0.3 is 0 Å². The Morgan fingerprint density at radius 1 is 1.00 bits per heavy atom. The normalized spacial score (nSPS) is 14.6. The third kappa shape index (κ3) is 5.10. The molecule has 3 rings (SSSR count). The molecule has 0 fully saturated rings. The summed E-state index contributed by atoms with van der Waals surface area (Å²) in [7, 11) is 1.84. The first-order chi connectivity index (χ1) is 14.2. The first-order valence-electron chi connectivity index (χ1n) is 10.1. The number of quaternary nitrogens is 1. The van der Waals surface area contributed by atoms with Gasteiger partial charge in [0.25, 0.3) is 11.8 Å². The number of rotatable bonds is 6. The maximum Gasteiger partial charge on any atom is 0.282 e. The van der Waals surface area contributed by atoms with Crippen molar-refractivity contribution in [2.45, 2.75) is 33.7 Å². The molecule has 0 spiro atoms. The highest BCUT2D eigenvalue weighted by molar-refractivity contribution is 5.95. The van der Waals surface area contributed by atoms with E-state index in [0.29, 0.717) is 30.4 Å². The lowest BCUT2D eigenvalue weighted by atomic mass is 10.1. The van der Waals surface area contributed by atoms with Crippen molar-refractivity contribution in [2.75, 3.05) is 37.4 Å². The SMILES string of the molecule is Cc1cc(C)c(NC(=O)C[NH+](C)[C@H](C)C(=O)Nc2ccc3c(c2)OCCO3)c(C)c1. The van der Waals surface area contributed by atoms with Gasteiger partial charge in [0.05, 0.1) is 7.05 Å². The maximum atomic E-state index is 12.7. The second-order valence-corrected chi connectivity index (χ2v) is 7.91. The fraction of sp³-hybridized carbons (Fsp3) is 0.391. The highest BCUT2D eigenvalue weighted by atomic mass is 16.6. The first-order valence-corrected chi connectivity index (χ1v) is 10.1. The van der Waals surface area contributed by atoms with Crippen LogP contribution in [0.25, 0.3) is 0 Å². The number of amides is 2. The average molecular weight is 413 g/mol. The van der Waals surface area contributed by atoms with E-state index in [9.17, 15) is 9.59 Å². The van der Waals surface area contributed by atoms with Crippen LogP contribution >= 0.6 is 0 Å². The molecule has 0 radical (unpaired) electrons. The number of likely N-dealkylation sites (N-methyl/N-ethyl adjacent to an activating group) is 1. The van der Waals surface area contributed by atoms with E-state index in [4.69, 9.17) is 9.47 Å². The molecule has 0 saturated heterocycles. The van der Waals surface area contributed by atoms with E-state index in [1.165, 1.54) is 0 Å². The number of hydrogen-bond acceptors (Lipinski definition) is 4. The van der Waals surface area contributed by atoms with E-state index in [2.05, 4.69) is 10.6 Å². The zero-order valence-electron chi connectivity index (χ0n) is 18.2. The van der Waals surface area contributed by atoms with E-state index in [-0.39, 0.29) is 18.4 Å². The first kappa shape index (κ1) is 21.6. The van der Waals surface area contributed by atoms with Crippen LogP contribution in [0.4, 0.5) is 11.4 Å². The third-order valence-electron chi connectivity index (χ3n) is 5.32. The van der Waals surface area contributed by atoms with Gasteiger partial charge in [-0.3, -0.25) is 9.59 Å². The molecule has 1 heterocycles. The van der Waals surface area contributed by atoms with Gasteiger partial charge in [0.1, 0.15) is 13.2 Å². The molecule has 1 unspecified atom stereocenters. The lowest BCUT2D eigenvalue weighted by Gasteiger charge is -2.22. The van der Waals surface area contributed by atoms with Crippen molar-refractivity contribution in [3.63, 3.8) is 0 Å². The quantitative estimate of drug-likeness (QED) is 0.677. The van der Waals surface area contributed by atoms with Crippen LogP contribution in [-0.2, 0) is 9.59 Å². The Bertz CT molecular complexity index is 934. The minimum absolute atomic E-state index is 0.124. The Hall–Kier alpha value is -3.06. The molecule has 0 aliphatic carbocycles. The standard InChI is InChI=1S/C23H29N3O4/c1-14-10-15(2)22(16(3)11-14)25-21(27)13-26(5)17(4)23(28)24-18-6-7-19-20(12-18)30-9-8-29-19/h6-7,10-12,17H,8-9,13H2,1-5H3,(H,24,28)(H,25,27)/p+1/t17-/m1/s1. The molecule has 1 aliphatic heterocycles. The fourth-order valence-corrected chi connectivity index (χ4v) is 3.56. The summed E-state index contributed by atoms with van der Waals surface area (Å²) in [5.41, 5.74) is 4.70. The molecule has 1 aliphatic rings. The van der Waals surface area contributed by atoms with Crippen LogP contribution in [-0.4, -0.2) is 44.7 Å². The van der Waals surface area contributed by atoms with Gasteiger partial charge in [-0.25, -0.2) is 0 Å². The molecule has 0 aromatic heterocycles. The third-order valence-corrected chi connectivity index (χ3v) is 5.32. The molecule has 30 heavy (non-hydrogen) atoms. The van der Waals surface area contributed by atoms with Gasteiger partial charge < -0.3 is 25.0 Å². The summed E-state index contributed by atoms with van der Waals surface area (Å²) in [6, 6.07) is 8.99. The summed E-state index contributed by atoms with van der Waals surface area (Å²) in [6.07, 6.45) is 0. The highest BCUT2D eigenvalue weighted by Gasteiger charge is 2.25. The number of ether oxygens (including phenoxy) is 2. The molecule has 2 aromatic rings. The molecule has 7 nitrogen and oxygen atoms in total. The Kier molecular flexibility index (Phi) is 6.62. The number of carbonyl (C=O) groups is 2. The summed E-state index contributed by atoms with van der Waals surface area (Å²) in [6.45, 7) is 8.99. The summed E-state index contributed by atoms with van der Waals surface area (Å²) in [4.78, 5) is 26.0. The largest absolute Gasteiger partial charge is 0.486 e. The topological polar surface area (TPSA) is 81.1 Å². The van der Waals surface area contributed by atoms with E-state index < -0.39 is 6.04 Å². The average Bonchev–Trinajstić information content (AvgIpc) is 2.69. The van der Waals surface area contributed by atoms with Crippen molar-refractivity contribution in [2.24, 2.45) is 0 Å². The molecular weight excluding hydrogens is 382 g/mol. The van der Waals surface area contributed by atoms with Crippen molar-refractivity contribution < 1.29 is 24.0 Å². The van der Waals surface area contributed by atoms with E-state index in [1.54, 1.807) is 25.1 Å². The number of fused-ring (bicyclic) bond motifs is 1. The monoisotopic (exact) mass is 412 g/mol. The Labute approximate surface area is 177 Å². The lowest BCUT2D eigenvalue weighted by Crippen LogP contribution is -3.14. The van der Waals surface area contributed by atoms with Crippen molar-refractivity contribution in [3.05, 3.63) is 47.0 Å². The summed E-state index contributed by atoms with van der Waals surface area (Å²) in [5, 5.41) is 5.89. The minimum Gasteiger partial charge on any atom is -0.486 e. The van der Waals surface area contributed by atoms with E-state index >= 15 is 0 Å². The van der Waals surface area contributed by atoms with Gasteiger partial charge in [-0.1, -0.05) is 17.7 Å². The molecular formula is C23H30N3O4+. The van der Waals surface area contributed by atoms with Crippen LogP contribution in [0.2, 0.25) is 0 Å². The number of carbonyl (C=O) groups excluding carboxylic acids is 2. The van der Waals surface area contributed by atoms with Crippen molar-refractivity contribution in [1.29, 1.82) is 0 Å². The van der Waals surface area contributed by atoms with Crippen LogP contribution in [0.1, 0.15) is 23.6 Å². The predicted molar refractivity (Wildman–Crippen MR) is 117 cm³/mol. The number of hydrogen-bond donors (Lipinski definition) is 3. The molecule has 2 aromatic carbocycles. The van der Waals surface area contributed by atoms with Crippen LogP contribution in [0.5, 0.6) is 11.5 Å². The molecule has 2 amide bonds. The second kappa shape index (κ2) is 9.17. The van der Waals surface area contributed by atoms with Gasteiger partial charge in [0.15, 0.2) is 24.1 Å². The second-order valence-electron chi connectivity index (χ2n) is 7.91. The summed E-state index contributed by atoms with van der Waals surface area (Å²) < 4.78 is 11.1. The Morgan fingerprint density at radius 2 is 1.63 bits per heavy atom. The predicted octanol–water partition coefficient (Wildman–Crippen LogP) is 1.86. The number of nitrogens with one attached hydrogen (secondary N) is 3. The smallest absolute Gasteiger partial charge is 0.282 e. The van der Waals surface area contributed by atoms with Gasteiger partial charge in [-0.05, 0) is 51.0 Å². The molecule has 2 atom stereocenters. The van der Waals surface area contributed by atoms with Crippen molar-refractivity contribution >= 4 is 23.2 Å². The van der Waals surface area contributed by atoms with Crippen molar-refractivity contribution in [3.8, 4) is 11.5 Å². The van der Waals surface area contributed by atoms with Crippen LogP contribution < -0.4 is 25.0 Å². The zero-order chi connectivity index (χ0) is 21.8. The van der Waals surface area contributed by atoms with Crippen LogP contribution in [0.3, 0.4) is 0 Å². The van der Waals surface area contributed by atoms with Crippen molar-refractivity contribution in [1.82, 2.24) is 0 Å². The van der Waals surface area contributed by atoms with Crippen LogP contribution in [0, 0.1) is 20.8 Å². The summed E-state index contributed by atoms with van der Waals surface area (Å²) in [5.74, 6) is 1.00.